The SMILES string of the molecule is Cl.O[C@]12CCCC[C@@H]1CCNC2. The van der Waals surface area contributed by atoms with Crippen molar-refractivity contribution in [2.24, 2.45) is 5.92 Å². The molecule has 0 bridgehead atoms. The van der Waals surface area contributed by atoms with E-state index in [1.165, 1.54) is 25.7 Å². The first kappa shape index (κ1) is 10.3. The molecule has 0 unspecified atom stereocenters. The van der Waals surface area contributed by atoms with Crippen molar-refractivity contribution in [3.05, 3.63) is 0 Å². The van der Waals surface area contributed by atoms with Crippen LogP contribution in [0.1, 0.15) is 32.1 Å². The molecule has 2 atom stereocenters. The van der Waals surface area contributed by atoms with E-state index in [-0.39, 0.29) is 18.0 Å². The smallest absolute Gasteiger partial charge is 0.0800 e. The number of nitrogens with one attached hydrogen (secondary N) is 1. The quantitative estimate of drug-likeness (QED) is 0.606. The molecule has 2 fully saturated rings. The number of fused-ring (bicyclic) bond motifs is 1. The summed E-state index contributed by atoms with van der Waals surface area (Å²) in [4.78, 5) is 0. The molecule has 12 heavy (non-hydrogen) atoms. The fourth-order valence-corrected chi connectivity index (χ4v) is 2.52. The topological polar surface area (TPSA) is 32.3 Å². The van der Waals surface area contributed by atoms with Gasteiger partial charge in [0.15, 0.2) is 0 Å². The van der Waals surface area contributed by atoms with Crippen molar-refractivity contribution in [2.45, 2.75) is 37.7 Å². The number of β-amino-alcohol motifs (C(OH)–C–C–N with tert-alkyl or cyclic N) is 1. The van der Waals surface area contributed by atoms with Gasteiger partial charge in [0.1, 0.15) is 0 Å². The number of rotatable bonds is 0. The lowest BCUT2D eigenvalue weighted by atomic mass is 9.72. The van der Waals surface area contributed by atoms with Crippen LogP contribution in [0.15, 0.2) is 0 Å². The maximum Gasteiger partial charge on any atom is 0.0800 e. The van der Waals surface area contributed by atoms with Gasteiger partial charge in [-0.3, -0.25) is 0 Å². The summed E-state index contributed by atoms with van der Waals surface area (Å²) >= 11 is 0. The number of hydrogen-bond acceptors (Lipinski definition) is 2. The van der Waals surface area contributed by atoms with Crippen LogP contribution in [0, 0.1) is 5.92 Å². The Bertz CT molecular complexity index is 139. The molecule has 3 heteroatoms. The molecular weight excluding hydrogens is 174 g/mol. The van der Waals surface area contributed by atoms with E-state index >= 15 is 0 Å². The zero-order valence-electron chi connectivity index (χ0n) is 7.38. The van der Waals surface area contributed by atoms with Crippen molar-refractivity contribution in [2.75, 3.05) is 13.1 Å². The van der Waals surface area contributed by atoms with Crippen molar-refractivity contribution >= 4 is 12.4 Å². The second-order valence-electron chi connectivity index (χ2n) is 4.01. The summed E-state index contributed by atoms with van der Waals surface area (Å²) in [5.41, 5.74) is -0.337. The number of halogens is 1. The molecule has 1 aliphatic heterocycles. The molecule has 0 radical (unpaired) electrons. The van der Waals surface area contributed by atoms with E-state index in [0.29, 0.717) is 5.92 Å². The molecule has 1 aliphatic carbocycles. The molecule has 2 aliphatic rings. The Labute approximate surface area is 80.1 Å². The van der Waals surface area contributed by atoms with Crippen LogP contribution in [0.4, 0.5) is 0 Å². The van der Waals surface area contributed by atoms with Crippen LogP contribution >= 0.6 is 12.4 Å². The van der Waals surface area contributed by atoms with Crippen LogP contribution in [-0.4, -0.2) is 23.8 Å². The average Bonchev–Trinajstić information content (AvgIpc) is 2.03. The zero-order valence-corrected chi connectivity index (χ0v) is 8.20. The Hall–Kier alpha value is 0.210. The van der Waals surface area contributed by atoms with Crippen molar-refractivity contribution in [3.8, 4) is 0 Å². The number of hydrogen-bond donors (Lipinski definition) is 2. The second-order valence-corrected chi connectivity index (χ2v) is 4.01. The maximum absolute atomic E-state index is 10.1. The van der Waals surface area contributed by atoms with Crippen molar-refractivity contribution in [1.82, 2.24) is 5.32 Å². The highest BCUT2D eigenvalue weighted by Gasteiger charge is 2.40. The predicted octanol–water partition coefficient (Wildman–Crippen LogP) is 1.32. The van der Waals surface area contributed by atoms with E-state index < -0.39 is 0 Å². The fraction of sp³-hybridized carbons (Fsp3) is 1.00. The molecule has 0 aromatic carbocycles. The van der Waals surface area contributed by atoms with Crippen LogP contribution in [0.3, 0.4) is 0 Å². The summed E-state index contributed by atoms with van der Waals surface area (Å²) < 4.78 is 0. The summed E-state index contributed by atoms with van der Waals surface area (Å²) in [6.07, 6.45) is 5.99. The van der Waals surface area contributed by atoms with Crippen molar-refractivity contribution in [3.63, 3.8) is 0 Å². The molecule has 0 aromatic heterocycles. The van der Waals surface area contributed by atoms with Gasteiger partial charge in [0.25, 0.3) is 0 Å². The van der Waals surface area contributed by atoms with Gasteiger partial charge in [-0.05, 0) is 31.7 Å². The van der Waals surface area contributed by atoms with E-state index in [2.05, 4.69) is 5.32 Å². The van der Waals surface area contributed by atoms with Crippen LogP contribution in [0.5, 0.6) is 0 Å². The minimum Gasteiger partial charge on any atom is -0.388 e. The van der Waals surface area contributed by atoms with Crippen LogP contribution in [0.2, 0.25) is 0 Å². The second kappa shape index (κ2) is 3.95. The summed E-state index contributed by atoms with van der Waals surface area (Å²) in [7, 11) is 0. The van der Waals surface area contributed by atoms with E-state index in [0.717, 1.165) is 19.5 Å². The van der Waals surface area contributed by atoms with Gasteiger partial charge in [0.2, 0.25) is 0 Å². The van der Waals surface area contributed by atoms with Gasteiger partial charge in [0.05, 0.1) is 5.60 Å². The molecule has 2 nitrogen and oxygen atoms in total. The highest BCUT2D eigenvalue weighted by atomic mass is 35.5. The third-order valence-corrected chi connectivity index (χ3v) is 3.27. The Morgan fingerprint density at radius 3 is 2.83 bits per heavy atom. The highest BCUT2D eigenvalue weighted by Crippen LogP contribution is 2.36. The Balaban J connectivity index is 0.000000720. The monoisotopic (exact) mass is 191 g/mol. The molecular formula is C9H18ClNO. The molecule has 1 heterocycles. The van der Waals surface area contributed by atoms with Crippen molar-refractivity contribution in [1.29, 1.82) is 0 Å². The zero-order chi connectivity index (χ0) is 7.73. The van der Waals surface area contributed by atoms with Gasteiger partial charge in [-0.25, -0.2) is 0 Å². The molecule has 2 rings (SSSR count). The fourth-order valence-electron chi connectivity index (χ4n) is 2.52. The van der Waals surface area contributed by atoms with Gasteiger partial charge in [-0.15, -0.1) is 12.4 Å². The standard InChI is InChI=1S/C9H17NO.ClH/c11-9-5-2-1-3-8(9)4-6-10-7-9;/h8,10-11H,1-7H2;1H/t8-,9+;/m1./s1. The molecule has 1 saturated carbocycles. The lowest BCUT2D eigenvalue weighted by Crippen LogP contribution is -2.53. The number of aliphatic hydroxyl groups is 1. The van der Waals surface area contributed by atoms with Gasteiger partial charge < -0.3 is 10.4 Å². The van der Waals surface area contributed by atoms with Crippen molar-refractivity contribution < 1.29 is 5.11 Å². The summed E-state index contributed by atoms with van der Waals surface area (Å²) in [6, 6.07) is 0. The van der Waals surface area contributed by atoms with Crippen LogP contribution in [-0.2, 0) is 0 Å². The lowest BCUT2D eigenvalue weighted by Gasteiger charge is -2.43. The summed E-state index contributed by atoms with van der Waals surface area (Å²) in [6.45, 7) is 1.94. The van der Waals surface area contributed by atoms with E-state index in [9.17, 15) is 5.11 Å². The maximum atomic E-state index is 10.1. The molecule has 0 aromatic rings. The number of piperidine rings is 1. The third kappa shape index (κ3) is 1.76. The van der Waals surface area contributed by atoms with Gasteiger partial charge in [-0.2, -0.15) is 0 Å². The van der Waals surface area contributed by atoms with Gasteiger partial charge in [-0.1, -0.05) is 12.8 Å². The van der Waals surface area contributed by atoms with Gasteiger partial charge >= 0.3 is 0 Å². The minimum absolute atomic E-state index is 0. The van der Waals surface area contributed by atoms with E-state index in [1.807, 2.05) is 0 Å². The first-order valence-electron chi connectivity index (χ1n) is 4.74. The molecule has 72 valence electrons. The largest absolute Gasteiger partial charge is 0.388 e. The molecule has 1 saturated heterocycles. The summed E-state index contributed by atoms with van der Waals surface area (Å²) in [5, 5.41) is 13.4. The highest BCUT2D eigenvalue weighted by molar-refractivity contribution is 5.85. The van der Waals surface area contributed by atoms with Gasteiger partial charge in [0, 0.05) is 6.54 Å². The normalized spacial score (nSPS) is 41.2. The Morgan fingerprint density at radius 1 is 1.25 bits per heavy atom. The van der Waals surface area contributed by atoms with Crippen LogP contribution in [0.25, 0.3) is 0 Å². The molecule has 2 N–H and O–H groups in total. The van der Waals surface area contributed by atoms with E-state index in [1.54, 1.807) is 0 Å². The third-order valence-electron chi connectivity index (χ3n) is 3.27. The minimum atomic E-state index is -0.337. The predicted molar refractivity (Wildman–Crippen MR) is 51.6 cm³/mol. The van der Waals surface area contributed by atoms with Crippen LogP contribution < -0.4 is 5.32 Å². The molecule has 0 amide bonds. The Kier molecular flexibility index (Phi) is 3.38. The summed E-state index contributed by atoms with van der Waals surface area (Å²) in [5.74, 6) is 0.595. The lowest BCUT2D eigenvalue weighted by molar-refractivity contribution is -0.0632. The Morgan fingerprint density at radius 2 is 2.08 bits per heavy atom. The first-order chi connectivity index (χ1) is 5.31. The van der Waals surface area contributed by atoms with E-state index in [4.69, 9.17) is 0 Å². The molecule has 0 spiro atoms. The first-order valence-corrected chi connectivity index (χ1v) is 4.74. The average molecular weight is 192 g/mol.